The Morgan fingerprint density at radius 1 is 1.22 bits per heavy atom. The molecule has 0 radical (unpaired) electrons. The Kier molecular flexibility index (Phi) is 3.02. The molecule has 7 atom stereocenters. The van der Waals surface area contributed by atoms with Crippen molar-refractivity contribution in [1.29, 1.82) is 0 Å². The third-order valence-electron chi connectivity index (χ3n) is 7.81. The summed E-state index contributed by atoms with van der Waals surface area (Å²) >= 11 is 0. The Balaban J connectivity index is 1.82. The normalized spacial score (nSPS) is 54.4. The van der Waals surface area contributed by atoms with Crippen molar-refractivity contribution in [3.63, 3.8) is 0 Å². The molecule has 0 aromatic heterocycles. The first kappa shape index (κ1) is 15.4. The number of hydrogen-bond donors (Lipinski definition) is 2. The van der Waals surface area contributed by atoms with Crippen molar-refractivity contribution < 1.29 is 15.0 Å². The number of aliphatic hydroxyl groups is 2. The average molecular weight is 316 g/mol. The monoisotopic (exact) mass is 316 g/mol. The maximum absolute atomic E-state index is 13.1. The summed E-state index contributed by atoms with van der Waals surface area (Å²) in [5.74, 6) is 1.32. The Labute approximate surface area is 138 Å². The van der Waals surface area contributed by atoms with Crippen molar-refractivity contribution in [3.8, 4) is 0 Å². The number of hydrogen-bond acceptors (Lipinski definition) is 3. The third-order valence-corrected chi connectivity index (χ3v) is 7.81. The van der Waals surface area contributed by atoms with Gasteiger partial charge in [-0.1, -0.05) is 32.9 Å². The molecule has 0 aromatic carbocycles. The lowest BCUT2D eigenvalue weighted by Gasteiger charge is -2.60. The molecule has 126 valence electrons. The first-order valence-corrected chi connectivity index (χ1v) is 9.00. The maximum Gasteiger partial charge on any atom is 0.203 e. The molecule has 3 heteroatoms. The molecule has 2 N–H and O–H groups in total. The van der Waals surface area contributed by atoms with E-state index >= 15 is 0 Å². The second kappa shape index (κ2) is 4.50. The fourth-order valence-corrected chi connectivity index (χ4v) is 6.67. The Hall–Kier alpha value is -1.09. The van der Waals surface area contributed by atoms with E-state index in [0.717, 1.165) is 19.3 Å². The number of carbonyl (C=O) groups is 1. The van der Waals surface area contributed by atoms with Gasteiger partial charge in [-0.15, -0.1) is 0 Å². The van der Waals surface area contributed by atoms with Crippen molar-refractivity contribution >= 4 is 5.78 Å². The molecule has 2 saturated carbocycles. The van der Waals surface area contributed by atoms with Crippen molar-refractivity contribution in [2.45, 2.75) is 46.5 Å². The van der Waals surface area contributed by atoms with Gasteiger partial charge in [0.25, 0.3) is 0 Å². The van der Waals surface area contributed by atoms with E-state index in [0.29, 0.717) is 17.8 Å². The number of ketones is 1. The van der Waals surface area contributed by atoms with Crippen LogP contribution < -0.4 is 0 Å². The summed E-state index contributed by atoms with van der Waals surface area (Å²) in [5.41, 5.74) is -0.850. The van der Waals surface area contributed by atoms with E-state index in [1.54, 1.807) is 6.08 Å². The smallest absolute Gasteiger partial charge is 0.203 e. The van der Waals surface area contributed by atoms with E-state index in [4.69, 9.17) is 0 Å². The minimum atomic E-state index is -0.550. The van der Waals surface area contributed by atoms with E-state index in [-0.39, 0.29) is 29.5 Å². The third kappa shape index (κ3) is 1.83. The van der Waals surface area contributed by atoms with Gasteiger partial charge in [-0.2, -0.15) is 0 Å². The number of rotatable bonds is 1. The number of fused-ring (bicyclic) bond motifs is 6. The topological polar surface area (TPSA) is 57.5 Å². The molecular weight excluding hydrogens is 288 g/mol. The summed E-state index contributed by atoms with van der Waals surface area (Å²) in [5, 5.41) is 20.3. The van der Waals surface area contributed by atoms with Gasteiger partial charge in [0.2, 0.25) is 5.78 Å². The summed E-state index contributed by atoms with van der Waals surface area (Å²) < 4.78 is 0. The summed E-state index contributed by atoms with van der Waals surface area (Å²) in [6.45, 7) is 6.36. The minimum Gasteiger partial charge on any atom is -0.505 e. The SMILES string of the molecule is C[C@@]12C=C[C@@H](C1)[C@H]1CC[C@H]3[C@@](C)(C(=O)C(O)=C[C@@]3(C)CO)[C@@H]1C2. The molecule has 2 bridgehead atoms. The molecule has 0 aliphatic heterocycles. The van der Waals surface area contributed by atoms with Gasteiger partial charge in [0.05, 0.1) is 6.61 Å². The maximum atomic E-state index is 13.1. The Morgan fingerprint density at radius 3 is 2.65 bits per heavy atom. The van der Waals surface area contributed by atoms with Crippen molar-refractivity contribution in [3.05, 3.63) is 24.0 Å². The van der Waals surface area contributed by atoms with E-state index in [1.165, 1.54) is 6.42 Å². The van der Waals surface area contributed by atoms with Crippen molar-refractivity contribution in [1.82, 2.24) is 0 Å². The van der Waals surface area contributed by atoms with Crippen LogP contribution in [0.1, 0.15) is 46.5 Å². The number of carbonyl (C=O) groups excluding carboxylic acids is 1. The quantitative estimate of drug-likeness (QED) is 0.726. The lowest BCUT2D eigenvalue weighted by Crippen LogP contribution is -2.59. The van der Waals surface area contributed by atoms with Crippen LogP contribution in [0.15, 0.2) is 24.0 Å². The van der Waals surface area contributed by atoms with E-state index < -0.39 is 10.8 Å². The predicted octanol–water partition coefficient (Wildman–Crippen LogP) is 3.64. The Morgan fingerprint density at radius 2 is 1.96 bits per heavy atom. The molecule has 4 rings (SSSR count). The lowest BCUT2D eigenvalue weighted by atomic mass is 9.43. The van der Waals surface area contributed by atoms with Crippen LogP contribution in [-0.4, -0.2) is 22.6 Å². The molecule has 4 aliphatic rings. The summed E-state index contributed by atoms with van der Waals surface area (Å²) in [6, 6.07) is 0. The number of allylic oxidation sites excluding steroid dienone is 3. The molecule has 3 nitrogen and oxygen atoms in total. The van der Waals surface area contributed by atoms with Gasteiger partial charge in [0, 0.05) is 10.8 Å². The molecule has 23 heavy (non-hydrogen) atoms. The van der Waals surface area contributed by atoms with Crippen LogP contribution in [0.25, 0.3) is 0 Å². The van der Waals surface area contributed by atoms with Gasteiger partial charge in [-0.05, 0) is 60.8 Å². The van der Waals surface area contributed by atoms with Crippen LogP contribution in [0.2, 0.25) is 0 Å². The number of aliphatic hydroxyl groups excluding tert-OH is 2. The van der Waals surface area contributed by atoms with E-state index in [9.17, 15) is 15.0 Å². The molecular formula is C20H28O3. The summed E-state index contributed by atoms with van der Waals surface area (Å²) in [6.07, 6.45) is 10.7. The molecule has 0 spiro atoms. The van der Waals surface area contributed by atoms with Crippen LogP contribution in [0.4, 0.5) is 0 Å². The summed E-state index contributed by atoms with van der Waals surface area (Å²) in [4.78, 5) is 13.1. The second-order valence-corrected chi connectivity index (χ2v) is 9.29. The zero-order valence-electron chi connectivity index (χ0n) is 14.4. The molecule has 4 aliphatic carbocycles. The summed E-state index contributed by atoms with van der Waals surface area (Å²) in [7, 11) is 0. The second-order valence-electron chi connectivity index (χ2n) is 9.29. The molecule has 0 saturated heterocycles. The van der Waals surface area contributed by atoms with Crippen molar-refractivity contribution in [2.75, 3.05) is 6.61 Å². The molecule has 0 amide bonds. The lowest BCUT2D eigenvalue weighted by molar-refractivity contribution is -0.157. The van der Waals surface area contributed by atoms with E-state index in [2.05, 4.69) is 26.0 Å². The highest BCUT2D eigenvalue weighted by Crippen LogP contribution is 2.66. The standard InChI is InChI=1S/C20H28O3/c1-18-7-6-12(8-18)13-4-5-16-19(2,11-21)10-15(22)17(23)20(16,3)14(13)9-18/h6-7,10,12-14,16,21-22H,4-5,8-9,11H2,1-3H3/t12-,13+,14+,16+,18+,19-,20-/m0/s1. The van der Waals surface area contributed by atoms with Gasteiger partial charge >= 0.3 is 0 Å². The predicted molar refractivity (Wildman–Crippen MR) is 88.7 cm³/mol. The van der Waals surface area contributed by atoms with Crippen LogP contribution in [0.5, 0.6) is 0 Å². The highest BCUT2D eigenvalue weighted by molar-refractivity contribution is 5.99. The van der Waals surface area contributed by atoms with Crippen LogP contribution in [0.3, 0.4) is 0 Å². The largest absolute Gasteiger partial charge is 0.505 e. The van der Waals surface area contributed by atoms with Crippen LogP contribution in [0, 0.1) is 39.9 Å². The Bertz CT molecular complexity index is 620. The molecule has 0 aromatic rings. The first-order chi connectivity index (χ1) is 10.7. The molecule has 0 unspecified atom stereocenters. The van der Waals surface area contributed by atoms with Gasteiger partial charge in [-0.25, -0.2) is 0 Å². The van der Waals surface area contributed by atoms with E-state index in [1.807, 2.05) is 6.92 Å². The van der Waals surface area contributed by atoms with Crippen LogP contribution >= 0.6 is 0 Å². The first-order valence-electron chi connectivity index (χ1n) is 9.00. The van der Waals surface area contributed by atoms with Crippen molar-refractivity contribution in [2.24, 2.45) is 39.9 Å². The van der Waals surface area contributed by atoms with Gasteiger partial charge in [0.1, 0.15) is 0 Å². The minimum absolute atomic E-state index is 0.0130. The van der Waals surface area contributed by atoms with Gasteiger partial charge < -0.3 is 10.2 Å². The van der Waals surface area contributed by atoms with Crippen LogP contribution in [-0.2, 0) is 4.79 Å². The van der Waals surface area contributed by atoms with Gasteiger partial charge in [-0.3, -0.25) is 4.79 Å². The van der Waals surface area contributed by atoms with Gasteiger partial charge in [0.15, 0.2) is 5.76 Å². The fraction of sp³-hybridized carbons (Fsp3) is 0.750. The fourth-order valence-electron chi connectivity index (χ4n) is 6.67. The average Bonchev–Trinajstić information content (AvgIpc) is 2.82. The highest BCUT2D eigenvalue weighted by atomic mass is 16.3. The molecule has 2 fully saturated rings. The highest BCUT2D eigenvalue weighted by Gasteiger charge is 2.63. The zero-order chi connectivity index (χ0) is 16.6. The zero-order valence-corrected chi connectivity index (χ0v) is 14.4. The molecule has 0 heterocycles. The number of Topliss-reactive ketones (excluding diaryl/α,β-unsaturated/α-hetero) is 1.